The third kappa shape index (κ3) is 3.90. The molecule has 5 nitrogen and oxygen atoms in total. The van der Waals surface area contributed by atoms with Gasteiger partial charge in [-0.3, -0.25) is 9.59 Å². The van der Waals surface area contributed by atoms with Gasteiger partial charge in [-0.2, -0.15) is 0 Å². The number of benzene rings is 2. The van der Waals surface area contributed by atoms with E-state index in [1.807, 2.05) is 41.4 Å². The second kappa shape index (κ2) is 8.11. The molecule has 1 unspecified atom stereocenters. The lowest BCUT2D eigenvalue weighted by Gasteiger charge is -2.25. The Morgan fingerprint density at radius 2 is 1.86 bits per heavy atom. The summed E-state index contributed by atoms with van der Waals surface area (Å²) in [6.07, 6.45) is 4.00. The van der Waals surface area contributed by atoms with Crippen molar-refractivity contribution in [1.29, 1.82) is 0 Å². The number of aromatic amines is 1. The van der Waals surface area contributed by atoms with Crippen LogP contribution in [0.15, 0.2) is 54.7 Å². The molecule has 4 rings (SSSR count). The summed E-state index contributed by atoms with van der Waals surface area (Å²) in [7, 11) is 0. The van der Waals surface area contributed by atoms with Gasteiger partial charge in [0.15, 0.2) is 0 Å². The topological polar surface area (TPSA) is 56.4 Å². The number of para-hydroxylation sites is 2. The van der Waals surface area contributed by atoms with Gasteiger partial charge in [0.2, 0.25) is 11.8 Å². The summed E-state index contributed by atoms with van der Waals surface area (Å²) in [5, 5.41) is 1.19. The Morgan fingerprint density at radius 3 is 2.69 bits per heavy atom. The molecule has 2 heterocycles. The molecule has 3 aromatic rings. The Labute approximate surface area is 171 Å². The van der Waals surface area contributed by atoms with Crippen molar-refractivity contribution < 1.29 is 9.59 Å². The van der Waals surface area contributed by atoms with Gasteiger partial charge < -0.3 is 14.8 Å². The van der Waals surface area contributed by atoms with E-state index in [2.05, 4.69) is 30.1 Å². The first-order valence-corrected chi connectivity index (χ1v) is 10.2. The Kier molecular flexibility index (Phi) is 5.38. The predicted octanol–water partition coefficient (Wildman–Crippen LogP) is 3.93. The van der Waals surface area contributed by atoms with Gasteiger partial charge in [0.1, 0.15) is 0 Å². The Bertz CT molecular complexity index is 1040. The molecule has 0 fully saturated rings. The third-order valence-corrected chi connectivity index (χ3v) is 5.84. The zero-order chi connectivity index (χ0) is 20.4. The molecule has 2 aromatic carbocycles. The highest BCUT2D eigenvalue weighted by Crippen LogP contribution is 2.32. The minimum absolute atomic E-state index is 0.00696. The van der Waals surface area contributed by atoms with E-state index in [4.69, 9.17) is 0 Å². The van der Waals surface area contributed by atoms with Gasteiger partial charge in [0, 0.05) is 55.3 Å². The summed E-state index contributed by atoms with van der Waals surface area (Å²) in [5.41, 5.74) is 4.53. The van der Waals surface area contributed by atoms with Crippen molar-refractivity contribution >= 4 is 28.4 Å². The fourth-order valence-corrected chi connectivity index (χ4v) is 4.32. The number of nitrogens with one attached hydrogen (secondary N) is 1. The second-order valence-electron chi connectivity index (χ2n) is 7.81. The number of aromatic nitrogens is 1. The van der Waals surface area contributed by atoms with Gasteiger partial charge in [-0.15, -0.1) is 0 Å². The van der Waals surface area contributed by atoms with E-state index in [9.17, 15) is 9.59 Å². The average Bonchev–Trinajstić information content (AvgIpc) is 3.27. The summed E-state index contributed by atoms with van der Waals surface area (Å²) in [4.78, 5) is 32.1. The van der Waals surface area contributed by atoms with E-state index in [0.29, 0.717) is 19.5 Å². The quantitative estimate of drug-likeness (QED) is 0.695. The Balaban J connectivity index is 1.39. The van der Waals surface area contributed by atoms with Crippen LogP contribution in [-0.2, 0) is 22.4 Å². The molecule has 1 aliphatic rings. The average molecular weight is 389 g/mol. The van der Waals surface area contributed by atoms with Gasteiger partial charge >= 0.3 is 0 Å². The van der Waals surface area contributed by atoms with Crippen molar-refractivity contribution in [3.05, 3.63) is 65.9 Å². The molecular formula is C24H27N3O2. The maximum atomic E-state index is 12.9. The maximum absolute atomic E-state index is 12.9. The Hall–Kier alpha value is -3.08. The number of amides is 2. The zero-order valence-corrected chi connectivity index (χ0v) is 17.0. The van der Waals surface area contributed by atoms with Crippen LogP contribution in [0.25, 0.3) is 10.9 Å². The van der Waals surface area contributed by atoms with Crippen LogP contribution in [0.5, 0.6) is 0 Å². The molecule has 0 saturated carbocycles. The van der Waals surface area contributed by atoms with E-state index < -0.39 is 0 Å². The maximum Gasteiger partial charge on any atom is 0.229 e. The van der Waals surface area contributed by atoms with E-state index in [-0.39, 0.29) is 17.9 Å². The molecule has 0 saturated heterocycles. The molecular weight excluding hydrogens is 362 g/mol. The van der Waals surface area contributed by atoms with Crippen molar-refractivity contribution in [2.24, 2.45) is 0 Å². The molecule has 150 valence electrons. The number of nitrogens with zero attached hydrogens (tertiary/aromatic N) is 2. The molecule has 1 N–H and O–H groups in total. The van der Waals surface area contributed by atoms with Crippen molar-refractivity contribution in [3.63, 3.8) is 0 Å². The van der Waals surface area contributed by atoms with Crippen LogP contribution >= 0.6 is 0 Å². The molecule has 0 bridgehead atoms. The molecule has 29 heavy (non-hydrogen) atoms. The first kappa shape index (κ1) is 19.2. The number of fused-ring (bicyclic) bond motifs is 2. The number of hydrogen-bond acceptors (Lipinski definition) is 2. The fraction of sp³-hybridized carbons (Fsp3) is 0.333. The van der Waals surface area contributed by atoms with Crippen LogP contribution in [0.2, 0.25) is 0 Å². The highest BCUT2D eigenvalue weighted by Gasteiger charge is 2.30. The van der Waals surface area contributed by atoms with Crippen LogP contribution in [0.3, 0.4) is 0 Å². The van der Waals surface area contributed by atoms with Gasteiger partial charge in [-0.05, 0) is 43.0 Å². The monoisotopic (exact) mass is 389 g/mol. The summed E-state index contributed by atoms with van der Waals surface area (Å²) in [6.45, 7) is 4.71. The van der Waals surface area contributed by atoms with E-state index in [1.54, 1.807) is 11.8 Å². The van der Waals surface area contributed by atoms with Crippen molar-refractivity contribution in [2.75, 3.05) is 18.0 Å². The first-order chi connectivity index (χ1) is 14.0. The van der Waals surface area contributed by atoms with Crippen LogP contribution in [0, 0.1) is 0 Å². The molecule has 5 heteroatoms. The number of carbonyl (C=O) groups is 2. The van der Waals surface area contributed by atoms with E-state index >= 15 is 0 Å². The smallest absolute Gasteiger partial charge is 0.229 e. The minimum Gasteiger partial charge on any atom is -0.361 e. The zero-order valence-electron chi connectivity index (χ0n) is 17.0. The third-order valence-electron chi connectivity index (χ3n) is 5.84. The van der Waals surface area contributed by atoms with Gasteiger partial charge in [0.05, 0.1) is 0 Å². The van der Waals surface area contributed by atoms with Gasteiger partial charge in [-0.25, -0.2) is 0 Å². The number of H-pyrrole nitrogens is 1. The summed E-state index contributed by atoms with van der Waals surface area (Å²) in [5.74, 6) is 0.0910. The molecule has 0 aliphatic carbocycles. The first-order valence-electron chi connectivity index (χ1n) is 10.2. The summed E-state index contributed by atoms with van der Waals surface area (Å²) in [6, 6.07) is 16.4. The van der Waals surface area contributed by atoms with E-state index in [1.165, 1.54) is 16.5 Å². The van der Waals surface area contributed by atoms with Gasteiger partial charge in [-0.1, -0.05) is 36.4 Å². The number of carbonyl (C=O) groups excluding carboxylic acids is 2. The fourth-order valence-electron chi connectivity index (χ4n) is 4.32. The molecule has 2 amide bonds. The van der Waals surface area contributed by atoms with Crippen molar-refractivity contribution in [2.45, 2.75) is 39.2 Å². The molecule has 1 aromatic heterocycles. The lowest BCUT2D eigenvalue weighted by molar-refractivity contribution is -0.129. The number of rotatable bonds is 6. The summed E-state index contributed by atoms with van der Waals surface area (Å²) >= 11 is 0. The molecule has 0 radical (unpaired) electrons. The lowest BCUT2D eigenvalue weighted by atomic mass is 10.1. The summed E-state index contributed by atoms with van der Waals surface area (Å²) < 4.78 is 0. The van der Waals surface area contributed by atoms with Crippen LogP contribution < -0.4 is 4.90 Å². The normalized spacial score (nSPS) is 15.5. The molecule has 1 atom stereocenters. The highest BCUT2D eigenvalue weighted by molar-refractivity contribution is 5.96. The second-order valence-corrected chi connectivity index (χ2v) is 7.81. The van der Waals surface area contributed by atoms with Crippen LogP contribution in [0.4, 0.5) is 5.69 Å². The highest BCUT2D eigenvalue weighted by atomic mass is 16.2. The largest absolute Gasteiger partial charge is 0.361 e. The number of hydrogen-bond donors (Lipinski definition) is 1. The SMILES string of the molecule is CC(=O)N(CCC(=O)N1c2ccccc2CC1C)CCc1c[nH]c2ccccc12. The minimum atomic E-state index is 0.00696. The lowest BCUT2D eigenvalue weighted by Crippen LogP contribution is -2.39. The van der Waals surface area contributed by atoms with E-state index in [0.717, 1.165) is 24.0 Å². The predicted molar refractivity (Wildman–Crippen MR) is 116 cm³/mol. The van der Waals surface area contributed by atoms with Crippen LogP contribution in [0.1, 0.15) is 31.4 Å². The van der Waals surface area contributed by atoms with Crippen molar-refractivity contribution in [3.8, 4) is 0 Å². The van der Waals surface area contributed by atoms with Gasteiger partial charge in [0.25, 0.3) is 0 Å². The number of anilines is 1. The molecule has 1 aliphatic heterocycles. The molecule has 0 spiro atoms. The standard InChI is InChI=1S/C24H27N3O2/c1-17-15-19-7-3-6-10-23(19)27(17)24(29)12-14-26(18(2)28)13-11-20-16-25-22-9-5-4-8-21(20)22/h3-10,16-17,25H,11-15H2,1-2H3. The Morgan fingerprint density at radius 1 is 1.10 bits per heavy atom. The van der Waals surface area contributed by atoms with Crippen LogP contribution in [-0.4, -0.2) is 40.8 Å². The van der Waals surface area contributed by atoms with Crippen molar-refractivity contribution in [1.82, 2.24) is 9.88 Å².